The highest BCUT2D eigenvalue weighted by Crippen LogP contribution is 2.33. The average molecular weight is 355 g/mol. The first-order valence-electron chi connectivity index (χ1n) is 6.62. The molecule has 4 nitrogen and oxygen atoms in total. The highest BCUT2D eigenvalue weighted by atomic mass is 35.5. The van der Waals surface area contributed by atoms with Crippen LogP contribution in [0.4, 0.5) is 0 Å². The first kappa shape index (κ1) is 18.4. The molecular formula is C14H18Cl3NO3. The van der Waals surface area contributed by atoms with Crippen LogP contribution in [0.15, 0.2) is 12.1 Å². The molecule has 21 heavy (non-hydrogen) atoms. The van der Waals surface area contributed by atoms with E-state index < -0.39 is 0 Å². The maximum Gasteiger partial charge on any atom is 0.257 e. The summed E-state index contributed by atoms with van der Waals surface area (Å²) in [6.45, 7) is 2.48. The van der Waals surface area contributed by atoms with Gasteiger partial charge in [-0.15, -0.1) is 0 Å². The number of rotatable bonds is 8. The van der Waals surface area contributed by atoms with E-state index >= 15 is 0 Å². The van der Waals surface area contributed by atoms with Crippen molar-refractivity contribution in [2.24, 2.45) is 5.92 Å². The molecule has 1 rings (SSSR count). The Morgan fingerprint density at radius 3 is 2.57 bits per heavy atom. The first-order valence-corrected chi connectivity index (χ1v) is 7.76. The fourth-order valence-electron chi connectivity index (χ4n) is 1.70. The van der Waals surface area contributed by atoms with Crippen molar-refractivity contribution < 1.29 is 14.6 Å². The van der Waals surface area contributed by atoms with E-state index in [2.05, 4.69) is 5.32 Å². The third kappa shape index (κ3) is 6.30. The molecule has 0 heterocycles. The minimum atomic E-state index is -0.256. The Balaban J connectivity index is 2.44. The number of carbonyl (C=O) groups is 1. The average Bonchev–Trinajstić information content (AvgIpc) is 2.45. The Labute approximate surface area is 139 Å². The third-order valence-electron chi connectivity index (χ3n) is 3.04. The summed E-state index contributed by atoms with van der Waals surface area (Å²) in [5.41, 5.74) is 0. The van der Waals surface area contributed by atoms with Gasteiger partial charge in [0.15, 0.2) is 6.61 Å². The number of halogens is 3. The zero-order chi connectivity index (χ0) is 15.8. The highest BCUT2D eigenvalue weighted by Gasteiger charge is 2.11. The van der Waals surface area contributed by atoms with Gasteiger partial charge >= 0.3 is 0 Å². The van der Waals surface area contributed by atoms with E-state index in [0.717, 1.165) is 6.42 Å². The minimum absolute atomic E-state index is 0.115. The monoisotopic (exact) mass is 353 g/mol. The molecule has 0 aliphatic carbocycles. The van der Waals surface area contributed by atoms with Crippen molar-refractivity contribution in [3.05, 3.63) is 27.2 Å². The molecule has 0 fully saturated rings. The molecule has 0 bridgehead atoms. The topological polar surface area (TPSA) is 58.6 Å². The van der Waals surface area contributed by atoms with E-state index in [0.29, 0.717) is 33.8 Å². The Morgan fingerprint density at radius 2 is 1.95 bits per heavy atom. The van der Waals surface area contributed by atoms with Crippen LogP contribution in [0.3, 0.4) is 0 Å². The van der Waals surface area contributed by atoms with Gasteiger partial charge in [0.1, 0.15) is 5.75 Å². The first-order chi connectivity index (χ1) is 9.97. The lowest BCUT2D eigenvalue weighted by Crippen LogP contribution is -2.33. The van der Waals surface area contributed by atoms with Gasteiger partial charge < -0.3 is 15.2 Å². The number of benzene rings is 1. The van der Waals surface area contributed by atoms with Crippen LogP contribution >= 0.6 is 34.8 Å². The molecule has 2 N–H and O–H groups in total. The third-order valence-corrected chi connectivity index (χ3v) is 4.05. The van der Waals surface area contributed by atoms with Gasteiger partial charge in [-0.25, -0.2) is 0 Å². The van der Waals surface area contributed by atoms with Gasteiger partial charge in [-0.3, -0.25) is 4.79 Å². The zero-order valence-corrected chi connectivity index (χ0v) is 13.9. The molecule has 0 saturated carbocycles. The summed E-state index contributed by atoms with van der Waals surface area (Å²) in [6.07, 6.45) is 1.55. The summed E-state index contributed by atoms with van der Waals surface area (Å²) in [6, 6.07) is 2.94. The van der Waals surface area contributed by atoms with Crippen molar-refractivity contribution in [2.75, 3.05) is 19.8 Å². The van der Waals surface area contributed by atoms with Crippen molar-refractivity contribution in [1.29, 1.82) is 0 Å². The number of ether oxygens (including phenoxy) is 1. The SMILES string of the molecule is CCC(CCO)CNC(=O)COc1cc(Cl)c(Cl)cc1Cl. The van der Waals surface area contributed by atoms with E-state index in [1.54, 1.807) is 0 Å². The molecule has 1 amide bonds. The molecule has 118 valence electrons. The van der Waals surface area contributed by atoms with Gasteiger partial charge in [-0.05, 0) is 18.4 Å². The van der Waals surface area contributed by atoms with Crippen molar-refractivity contribution in [1.82, 2.24) is 5.32 Å². The summed E-state index contributed by atoms with van der Waals surface area (Å²) in [4.78, 5) is 11.7. The smallest absolute Gasteiger partial charge is 0.257 e. The highest BCUT2D eigenvalue weighted by molar-refractivity contribution is 6.43. The van der Waals surface area contributed by atoms with Gasteiger partial charge in [0, 0.05) is 19.2 Å². The van der Waals surface area contributed by atoms with E-state index in [1.165, 1.54) is 12.1 Å². The fraction of sp³-hybridized carbons (Fsp3) is 0.500. The second-order valence-corrected chi connectivity index (χ2v) is 5.80. The van der Waals surface area contributed by atoms with E-state index in [1.807, 2.05) is 6.92 Å². The van der Waals surface area contributed by atoms with Crippen LogP contribution in [0.25, 0.3) is 0 Å². The van der Waals surface area contributed by atoms with Crippen LogP contribution in [0.2, 0.25) is 15.1 Å². The minimum Gasteiger partial charge on any atom is -0.482 e. The number of hydrogen-bond donors (Lipinski definition) is 2. The van der Waals surface area contributed by atoms with Crippen LogP contribution in [0.1, 0.15) is 19.8 Å². The van der Waals surface area contributed by atoms with Crippen LogP contribution in [-0.4, -0.2) is 30.8 Å². The molecule has 1 atom stereocenters. The predicted octanol–water partition coefficient (Wildman–Crippen LogP) is 3.55. The van der Waals surface area contributed by atoms with Gasteiger partial charge in [0.05, 0.1) is 15.1 Å². The van der Waals surface area contributed by atoms with Crippen molar-refractivity contribution in [2.45, 2.75) is 19.8 Å². The van der Waals surface area contributed by atoms with Gasteiger partial charge in [-0.2, -0.15) is 0 Å². The fourth-order valence-corrected chi connectivity index (χ4v) is 2.29. The van der Waals surface area contributed by atoms with Crippen LogP contribution in [0.5, 0.6) is 5.75 Å². The molecule has 1 aromatic carbocycles. The molecule has 1 aromatic rings. The zero-order valence-electron chi connectivity index (χ0n) is 11.7. The Hall–Kier alpha value is -0.680. The summed E-state index contributed by atoms with van der Waals surface area (Å²) in [5.74, 6) is 0.310. The largest absolute Gasteiger partial charge is 0.482 e. The number of aliphatic hydroxyl groups is 1. The second kappa shape index (κ2) is 9.36. The number of hydrogen-bond acceptors (Lipinski definition) is 3. The Kier molecular flexibility index (Phi) is 8.19. The van der Waals surface area contributed by atoms with Gasteiger partial charge in [0.2, 0.25) is 0 Å². The lowest BCUT2D eigenvalue weighted by atomic mass is 10.0. The summed E-state index contributed by atoms with van der Waals surface area (Å²) in [7, 11) is 0. The summed E-state index contributed by atoms with van der Waals surface area (Å²) < 4.78 is 5.32. The molecule has 0 aliphatic rings. The number of nitrogens with one attached hydrogen (secondary N) is 1. The van der Waals surface area contributed by atoms with Crippen LogP contribution < -0.4 is 10.1 Å². The van der Waals surface area contributed by atoms with Crippen molar-refractivity contribution in [3.8, 4) is 5.75 Å². The van der Waals surface area contributed by atoms with Crippen LogP contribution in [0, 0.1) is 5.92 Å². The maximum atomic E-state index is 11.7. The standard InChI is InChI=1S/C14H18Cl3NO3/c1-2-9(3-4-19)7-18-14(20)8-21-13-6-11(16)10(15)5-12(13)17/h5-6,9,19H,2-4,7-8H2,1H3,(H,18,20). The van der Waals surface area contributed by atoms with Crippen molar-refractivity contribution >= 4 is 40.7 Å². The van der Waals surface area contributed by atoms with E-state index in [-0.39, 0.29) is 25.0 Å². The number of amides is 1. The molecule has 7 heteroatoms. The predicted molar refractivity (Wildman–Crippen MR) is 85.5 cm³/mol. The quantitative estimate of drug-likeness (QED) is 0.702. The molecule has 0 saturated heterocycles. The lowest BCUT2D eigenvalue weighted by molar-refractivity contribution is -0.123. The normalized spacial score (nSPS) is 12.0. The van der Waals surface area contributed by atoms with Gasteiger partial charge in [-0.1, -0.05) is 48.1 Å². The Morgan fingerprint density at radius 1 is 1.29 bits per heavy atom. The number of aliphatic hydroxyl groups excluding tert-OH is 1. The Bertz CT molecular complexity index is 483. The second-order valence-electron chi connectivity index (χ2n) is 4.58. The van der Waals surface area contributed by atoms with E-state index in [4.69, 9.17) is 44.6 Å². The number of carbonyl (C=O) groups excluding carboxylic acids is 1. The summed E-state index contributed by atoms with van der Waals surface area (Å²) in [5, 5.41) is 12.6. The molecule has 1 unspecified atom stereocenters. The van der Waals surface area contributed by atoms with Gasteiger partial charge in [0.25, 0.3) is 5.91 Å². The molecule has 0 aliphatic heterocycles. The molecular weight excluding hydrogens is 337 g/mol. The summed E-state index contributed by atoms with van der Waals surface area (Å²) >= 11 is 17.6. The van der Waals surface area contributed by atoms with E-state index in [9.17, 15) is 4.79 Å². The van der Waals surface area contributed by atoms with Crippen molar-refractivity contribution in [3.63, 3.8) is 0 Å². The lowest BCUT2D eigenvalue weighted by Gasteiger charge is -2.15. The maximum absolute atomic E-state index is 11.7. The molecule has 0 spiro atoms. The molecule has 0 aromatic heterocycles. The molecule has 0 radical (unpaired) electrons. The van der Waals surface area contributed by atoms with Crippen LogP contribution in [-0.2, 0) is 4.79 Å².